The number of nitrogens with two attached hydrogens (primary N) is 2. The van der Waals surface area contributed by atoms with Crippen LogP contribution in [0.4, 0.5) is 0 Å². The van der Waals surface area contributed by atoms with Gasteiger partial charge < -0.3 is 20.9 Å². The van der Waals surface area contributed by atoms with Gasteiger partial charge >= 0.3 is 0 Å². The highest BCUT2D eigenvalue weighted by Gasteiger charge is 2.30. The number of hydrogen-bond donors (Lipinski definition) is 2. The highest BCUT2D eigenvalue weighted by molar-refractivity contribution is 5.41. The SMILES string of the molecule is C=C(/C=C\C(N)=C/N)Oc1ccc2c(c1)C(C)(C)OC2. The molecule has 0 amide bonds. The summed E-state index contributed by atoms with van der Waals surface area (Å²) in [4.78, 5) is 0. The minimum Gasteiger partial charge on any atom is -0.458 e. The lowest BCUT2D eigenvalue weighted by atomic mass is 9.96. The Morgan fingerprint density at radius 3 is 2.85 bits per heavy atom. The summed E-state index contributed by atoms with van der Waals surface area (Å²) in [6.45, 7) is 8.55. The zero-order valence-electron chi connectivity index (χ0n) is 11.8. The Hall–Kier alpha value is -2.20. The van der Waals surface area contributed by atoms with Crippen LogP contribution in [0, 0.1) is 0 Å². The van der Waals surface area contributed by atoms with Crippen molar-refractivity contribution in [3.8, 4) is 5.75 Å². The quantitative estimate of drug-likeness (QED) is 0.653. The molecular formula is C16H20N2O2. The molecule has 0 saturated heterocycles. The molecule has 20 heavy (non-hydrogen) atoms. The third kappa shape index (κ3) is 3.03. The van der Waals surface area contributed by atoms with Crippen molar-refractivity contribution in [2.24, 2.45) is 11.5 Å². The fourth-order valence-electron chi connectivity index (χ4n) is 2.07. The first-order valence-corrected chi connectivity index (χ1v) is 6.42. The standard InChI is InChI=1S/C16H20N2O2/c1-11(4-6-13(18)9-17)20-14-7-5-12-10-19-16(2,3)15(12)8-14/h4-9H,1,10,17-18H2,2-3H3/b6-4-,13-9+. The summed E-state index contributed by atoms with van der Waals surface area (Å²) in [5.74, 6) is 1.22. The molecule has 0 saturated carbocycles. The van der Waals surface area contributed by atoms with Crippen LogP contribution in [0.5, 0.6) is 5.75 Å². The predicted molar refractivity (Wildman–Crippen MR) is 79.6 cm³/mol. The minimum atomic E-state index is -0.279. The first kappa shape index (κ1) is 14.2. The summed E-state index contributed by atoms with van der Waals surface area (Å²) in [5, 5.41) is 0. The maximum Gasteiger partial charge on any atom is 0.127 e. The van der Waals surface area contributed by atoms with E-state index >= 15 is 0 Å². The zero-order chi connectivity index (χ0) is 14.8. The Morgan fingerprint density at radius 2 is 2.15 bits per heavy atom. The van der Waals surface area contributed by atoms with Crippen molar-refractivity contribution in [1.29, 1.82) is 0 Å². The molecule has 0 fully saturated rings. The zero-order valence-corrected chi connectivity index (χ0v) is 11.8. The lowest BCUT2D eigenvalue weighted by molar-refractivity contribution is -0.00794. The summed E-state index contributed by atoms with van der Waals surface area (Å²) >= 11 is 0. The second-order valence-electron chi connectivity index (χ2n) is 5.19. The number of rotatable bonds is 4. The molecule has 1 aromatic rings. The van der Waals surface area contributed by atoms with Crippen LogP contribution in [0.3, 0.4) is 0 Å². The molecule has 0 radical (unpaired) electrons. The summed E-state index contributed by atoms with van der Waals surface area (Å²) in [6, 6.07) is 5.92. The van der Waals surface area contributed by atoms with Crippen molar-refractivity contribution in [2.45, 2.75) is 26.1 Å². The van der Waals surface area contributed by atoms with Crippen LogP contribution < -0.4 is 16.2 Å². The summed E-state index contributed by atoms with van der Waals surface area (Å²) in [5.41, 5.74) is 13.4. The fraction of sp³-hybridized carbons (Fsp3) is 0.250. The average Bonchev–Trinajstić information content (AvgIpc) is 2.72. The van der Waals surface area contributed by atoms with Gasteiger partial charge in [0.15, 0.2) is 0 Å². The van der Waals surface area contributed by atoms with Gasteiger partial charge in [0.25, 0.3) is 0 Å². The molecule has 0 aliphatic carbocycles. The highest BCUT2D eigenvalue weighted by Crippen LogP contribution is 2.37. The molecule has 106 valence electrons. The van der Waals surface area contributed by atoms with Gasteiger partial charge in [0, 0.05) is 11.9 Å². The Bertz CT molecular complexity index is 586. The van der Waals surface area contributed by atoms with E-state index in [1.165, 1.54) is 11.8 Å². The van der Waals surface area contributed by atoms with Gasteiger partial charge in [-0.1, -0.05) is 12.6 Å². The summed E-state index contributed by atoms with van der Waals surface area (Å²) in [6.07, 6.45) is 4.63. The van der Waals surface area contributed by atoms with Gasteiger partial charge in [0.1, 0.15) is 11.5 Å². The molecule has 0 atom stereocenters. The van der Waals surface area contributed by atoms with Crippen molar-refractivity contribution in [2.75, 3.05) is 0 Å². The van der Waals surface area contributed by atoms with Gasteiger partial charge in [0.05, 0.1) is 12.2 Å². The molecule has 0 aromatic heterocycles. The van der Waals surface area contributed by atoms with Crippen LogP contribution in [0.25, 0.3) is 0 Å². The van der Waals surface area contributed by atoms with Crippen LogP contribution in [0.2, 0.25) is 0 Å². The van der Waals surface area contributed by atoms with Crippen LogP contribution in [0.1, 0.15) is 25.0 Å². The summed E-state index contributed by atoms with van der Waals surface area (Å²) in [7, 11) is 0. The number of benzene rings is 1. The number of fused-ring (bicyclic) bond motifs is 1. The third-order valence-electron chi connectivity index (χ3n) is 3.22. The predicted octanol–water partition coefficient (Wildman–Crippen LogP) is 2.66. The smallest absolute Gasteiger partial charge is 0.127 e. The molecule has 0 spiro atoms. The van der Waals surface area contributed by atoms with E-state index in [9.17, 15) is 0 Å². The van der Waals surface area contributed by atoms with Crippen LogP contribution >= 0.6 is 0 Å². The second kappa shape index (κ2) is 5.43. The maximum absolute atomic E-state index is 5.73. The maximum atomic E-state index is 5.73. The van der Waals surface area contributed by atoms with Crippen molar-refractivity contribution in [1.82, 2.24) is 0 Å². The van der Waals surface area contributed by atoms with E-state index in [-0.39, 0.29) is 5.60 Å². The molecule has 4 N–H and O–H groups in total. The number of ether oxygens (including phenoxy) is 2. The van der Waals surface area contributed by atoms with Crippen LogP contribution in [-0.4, -0.2) is 0 Å². The largest absolute Gasteiger partial charge is 0.458 e. The van der Waals surface area contributed by atoms with Crippen LogP contribution in [-0.2, 0) is 16.9 Å². The first-order valence-electron chi connectivity index (χ1n) is 6.42. The van der Waals surface area contributed by atoms with Gasteiger partial charge in [0.2, 0.25) is 0 Å². The van der Waals surface area contributed by atoms with E-state index in [0.717, 1.165) is 11.3 Å². The first-order chi connectivity index (χ1) is 9.42. The van der Waals surface area contributed by atoms with Crippen molar-refractivity contribution >= 4 is 0 Å². The Labute approximate surface area is 119 Å². The third-order valence-corrected chi connectivity index (χ3v) is 3.22. The van der Waals surface area contributed by atoms with Crippen molar-refractivity contribution in [3.63, 3.8) is 0 Å². The van der Waals surface area contributed by atoms with Gasteiger partial charge in [-0.05, 0) is 49.3 Å². The van der Waals surface area contributed by atoms with E-state index < -0.39 is 0 Å². The van der Waals surface area contributed by atoms with E-state index in [1.54, 1.807) is 12.2 Å². The van der Waals surface area contributed by atoms with E-state index in [2.05, 4.69) is 6.58 Å². The molecule has 0 bridgehead atoms. The van der Waals surface area contributed by atoms with Gasteiger partial charge in [-0.25, -0.2) is 0 Å². The van der Waals surface area contributed by atoms with E-state index in [0.29, 0.717) is 18.1 Å². The molecule has 0 unspecified atom stereocenters. The lowest BCUT2D eigenvalue weighted by Crippen LogP contribution is -2.14. The molecule has 1 aliphatic rings. The molecule has 4 heteroatoms. The molecule has 1 aromatic carbocycles. The fourth-order valence-corrected chi connectivity index (χ4v) is 2.07. The van der Waals surface area contributed by atoms with Gasteiger partial charge in [-0.15, -0.1) is 0 Å². The Balaban J connectivity index is 2.12. The lowest BCUT2D eigenvalue weighted by Gasteiger charge is -2.18. The molecular weight excluding hydrogens is 252 g/mol. The molecule has 2 rings (SSSR count). The topological polar surface area (TPSA) is 70.5 Å². The minimum absolute atomic E-state index is 0.279. The normalized spacial score (nSPS) is 17.2. The molecule has 1 aliphatic heterocycles. The van der Waals surface area contributed by atoms with E-state index in [4.69, 9.17) is 20.9 Å². The van der Waals surface area contributed by atoms with Gasteiger partial charge in [-0.3, -0.25) is 0 Å². The molecule has 1 heterocycles. The molecule has 4 nitrogen and oxygen atoms in total. The van der Waals surface area contributed by atoms with Crippen molar-refractivity contribution < 1.29 is 9.47 Å². The number of allylic oxidation sites excluding steroid dienone is 2. The number of hydrogen-bond acceptors (Lipinski definition) is 4. The Morgan fingerprint density at radius 1 is 1.40 bits per heavy atom. The highest BCUT2D eigenvalue weighted by atomic mass is 16.5. The van der Waals surface area contributed by atoms with Gasteiger partial charge in [-0.2, -0.15) is 0 Å². The Kier molecular flexibility index (Phi) is 3.86. The summed E-state index contributed by atoms with van der Waals surface area (Å²) < 4.78 is 11.4. The second-order valence-corrected chi connectivity index (χ2v) is 5.19. The average molecular weight is 272 g/mol. The van der Waals surface area contributed by atoms with Crippen molar-refractivity contribution in [3.05, 3.63) is 65.7 Å². The monoisotopic (exact) mass is 272 g/mol. The van der Waals surface area contributed by atoms with Crippen LogP contribution in [0.15, 0.2) is 54.6 Å². The van der Waals surface area contributed by atoms with E-state index in [1.807, 2.05) is 32.0 Å².